The van der Waals surface area contributed by atoms with Crippen molar-refractivity contribution in [2.75, 3.05) is 0 Å². The van der Waals surface area contributed by atoms with Crippen LogP contribution in [-0.4, -0.2) is 0 Å². The van der Waals surface area contributed by atoms with Gasteiger partial charge in [-0.1, -0.05) is 74.0 Å². The molecule has 0 amide bonds. The summed E-state index contributed by atoms with van der Waals surface area (Å²) in [7, 11) is 0. The van der Waals surface area contributed by atoms with Crippen molar-refractivity contribution >= 4 is 6.08 Å². The van der Waals surface area contributed by atoms with E-state index in [0.717, 1.165) is 0 Å². The quantitative estimate of drug-likeness (QED) is 0.732. The molecule has 0 saturated heterocycles. The maximum atomic E-state index is 2.34. The Morgan fingerprint density at radius 2 is 1.58 bits per heavy atom. The van der Waals surface area contributed by atoms with Crippen LogP contribution in [0.1, 0.15) is 25.0 Å². The average Bonchev–Trinajstić information content (AvgIpc) is 2.83. The third-order valence-corrected chi connectivity index (χ3v) is 3.52. The molecular weight excluding hydrogens is 307 g/mol. The van der Waals surface area contributed by atoms with Gasteiger partial charge >= 0.3 is 0 Å². The topological polar surface area (TPSA) is 0 Å². The van der Waals surface area contributed by atoms with E-state index in [2.05, 4.69) is 74.9 Å². The van der Waals surface area contributed by atoms with Gasteiger partial charge in [-0.2, -0.15) is 0 Å². The molecule has 0 bridgehead atoms. The standard InChI is InChI=1S/C18H17.Zr/c1-13(2)16-11-15-9-6-10-17(18(15)12-16)14-7-4-3-5-8-14;/h3-13H,1-2H3;. The van der Waals surface area contributed by atoms with Crippen LogP contribution in [0.25, 0.3) is 17.2 Å². The molecule has 1 heteroatoms. The second kappa shape index (κ2) is 6.01. The summed E-state index contributed by atoms with van der Waals surface area (Å²) >= 11 is 0. The van der Waals surface area contributed by atoms with Gasteiger partial charge in [-0.05, 0) is 28.2 Å². The molecule has 19 heavy (non-hydrogen) atoms. The Bertz CT molecular complexity index is 594. The van der Waals surface area contributed by atoms with Crippen molar-refractivity contribution < 1.29 is 26.2 Å². The minimum Gasteiger partial charge on any atom is -0.0622 e. The second-order valence-electron chi connectivity index (χ2n) is 5.12. The van der Waals surface area contributed by atoms with E-state index in [1.165, 1.54) is 27.8 Å². The van der Waals surface area contributed by atoms with Crippen LogP contribution in [0.4, 0.5) is 0 Å². The van der Waals surface area contributed by atoms with Crippen LogP contribution in [0.2, 0.25) is 0 Å². The Hall–Kier alpha value is -0.937. The fraction of sp³-hybridized carbons (Fsp3) is 0.167. The van der Waals surface area contributed by atoms with Gasteiger partial charge in [-0.3, -0.25) is 0 Å². The van der Waals surface area contributed by atoms with Gasteiger partial charge in [-0.25, -0.2) is 0 Å². The molecule has 93 valence electrons. The first-order valence-electron chi connectivity index (χ1n) is 6.50. The van der Waals surface area contributed by atoms with Crippen molar-refractivity contribution in [1.29, 1.82) is 0 Å². The van der Waals surface area contributed by atoms with Crippen LogP contribution in [0.5, 0.6) is 0 Å². The first-order valence-corrected chi connectivity index (χ1v) is 6.50. The summed E-state index contributed by atoms with van der Waals surface area (Å²) in [6, 6.07) is 17.2. The molecule has 0 heterocycles. The molecule has 1 aliphatic carbocycles. The maximum absolute atomic E-state index is 2.34. The van der Waals surface area contributed by atoms with Gasteiger partial charge in [0.1, 0.15) is 0 Å². The Labute approximate surface area is 134 Å². The van der Waals surface area contributed by atoms with Crippen molar-refractivity contribution in [2.45, 2.75) is 13.8 Å². The zero-order valence-electron chi connectivity index (χ0n) is 11.4. The first-order chi connectivity index (χ1) is 8.75. The number of fused-ring (bicyclic) bond motifs is 1. The van der Waals surface area contributed by atoms with E-state index >= 15 is 0 Å². The second-order valence-corrected chi connectivity index (χ2v) is 5.12. The van der Waals surface area contributed by atoms with Crippen LogP contribution >= 0.6 is 0 Å². The van der Waals surface area contributed by atoms with E-state index in [1.807, 2.05) is 0 Å². The van der Waals surface area contributed by atoms with E-state index in [4.69, 9.17) is 0 Å². The molecule has 0 spiro atoms. The Morgan fingerprint density at radius 3 is 2.26 bits per heavy atom. The van der Waals surface area contributed by atoms with Crippen molar-refractivity contribution in [2.24, 2.45) is 5.92 Å². The summed E-state index contributed by atoms with van der Waals surface area (Å²) in [5.74, 6) is 0.584. The summed E-state index contributed by atoms with van der Waals surface area (Å²) in [5, 5.41) is 0. The van der Waals surface area contributed by atoms with Gasteiger partial charge in [-0.15, -0.1) is 0 Å². The molecule has 0 aromatic heterocycles. The smallest absolute Gasteiger partial charge is 0.0167 e. The molecule has 0 fully saturated rings. The fourth-order valence-electron chi connectivity index (χ4n) is 2.46. The van der Waals surface area contributed by atoms with E-state index in [9.17, 15) is 0 Å². The van der Waals surface area contributed by atoms with E-state index in [1.54, 1.807) is 0 Å². The van der Waals surface area contributed by atoms with Crippen LogP contribution in [-0.2, 0) is 26.2 Å². The molecule has 2 aromatic carbocycles. The van der Waals surface area contributed by atoms with Crippen LogP contribution < -0.4 is 0 Å². The maximum Gasteiger partial charge on any atom is 0.0167 e. The van der Waals surface area contributed by atoms with Crippen molar-refractivity contribution in [3.05, 3.63) is 71.7 Å². The summed E-state index contributed by atoms with van der Waals surface area (Å²) in [6.45, 7) is 4.49. The molecule has 3 rings (SSSR count). The zero-order valence-corrected chi connectivity index (χ0v) is 13.8. The summed E-state index contributed by atoms with van der Waals surface area (Å²) < 4.78 is 0. The minimum absolute atomic E-state index is 0. The van der Waals surface area contributed by atoms with Gasteiger partial charge in [0.15, 0.2) is 0 Å². The molecule has 0 unspecified atom stereocenters. The Kier molecular flexibility index (Phi) is 4.58. The molecule has 1 radical (unpaired) electrons. The van der Waals surface area contributed by atoms with Crippen LogP contribution in [0.3, 0.4) is 0 Å². The predicted octanol–water partition coefficient (Wildman–Crippen LogP) is 4.96. The van der Waals surface area contributed by atoms with Crippen molar-refractivity contribution in [3.63, 3.8) is 0 Å². The molecule has 0 N–H and O–H groups in total. The monoisotopic (exact) mass is 323 g/mol. The average molecular weight is 325 g/mol. The van der Waals surface area contributed by atoms with Gasteiger partial charge in [0.2, 0.25) is 0 Å². The fourth-order valence-corrected chi connectivity index (χ4v) is 2.46. The van der Waals surface area contributed by atoms with Gasteiger partial charge in [0.05, 0.1) is 0 Å². The van der Waals surface area contributed by atoms with E-state index in [-0.39, 0.29) is 26.2 Å². The predicted molar refractivity (Wildman–Crippen MR) is 78.1 cm³/mol. The van der Waals surface area contributed by atoms with E-state index < -0.39 is 0 Å². The van der Waals surface area contributed by atoms with Crippen LogP contribution in [0.15, 0.2) is 54.1 Å². The third kappa shape index (κ3) is 2.82. The number of hydrogen-bond donors (Lipinski definition) is 0. The Morgan fingerprint density at radius 1 is 0.842 bits per heavy atom. The summed E-state index contributed by atoms with van der Waals surface area (Å²) in [6.07, 6.45) is 4.65. The van der Waals surface area contributed by atoms with Gasteiger partial charge < -0.3 is 0 Å². The minimum atomic E-state index is 0. The molecule has 1 aliphatic rings. The first kappa shape index (κ1) is 14.5. The molecule has 0 aliphatic heterocycles. The summed E-state index contributed by atoms with van der Waals surface area (Å²) in [5.41, 5.74) is 6.77. The number of benzene rings is 2. The molecule has 0 nitrogen and oxygen atoms in total. The molecule has 2 aromatic rings. The summed E-state index contributed by atoms with van der Waals surface area (Å²) in [4.78, 5) is 0. The molecule has 0 atom stereocenters. The van der Waals surface area contributed by atoms with Gasteiger partial charge in [0.25, 0.3) is 0 Å². The normalized spacial score (nSPS) is 12.9. The van der Waals surface area contributed by atoms with Crippen molar-refractivity contribution in [3.8, 4) is 11.1 Å². The van der Waals surface area contributed by atoms with E-state index in [0.29, 0.717) is 5.92 Å². The number of hydrogen-bond acceptors (Lipinski definition) is 0. The van der Waals surface area contributed by atoms with Crippen LogP contribution in [0, 0.1) is 12.3 Å². The third-order valence-electron chi connectivity index (χ3n) is 3.52. The number of allylic oxidation sites excluding steroid dienone is 1. The Balaban J connectivity index is 0.00000133. The SMILES string of the molecule is CC(C)C1=Cc2c(cccc2-c2ccccc2)[CH]1.[Zr]. The number of rotatable bonds is 2. The zero-order chi connectivity index (χ0) is 12.5. The molecule has 0 saturated carbocycles. The largest absolute Gasteiger partial charge is 0.0622 e. The van der Waals surface area contributed by atoms with Gasteiger partial charge in [0, 0.05) is 32.6 Å². The van der Waals surface area contributed by atoms with Crippen molar-refractivity contribution in [1.82, 2.24) is 0 Å². The molecular formula is C18H17Zr.